The van der Waals surface area contributed by atoms with Crippen LogP contribution >= 0.6 is 11.6 Å². The Morgan fingerprint density at radius 2 is 1.83 bits per heavy atom. The van der Waals surface area contributed by atoms with Gasteiger partial charge < -0.3 is 5.32 Å². The molecule has 1 amide bonds. The van der Waals surface area contributed by atoms with Gasteiger partial charge in [0, 0.05) is 16.0 Å². The molecule has 1 fully saturated rings. The van der Waals surface area contributed by atoms with Gasteiger partial charge in [0.2, 0.25) is 5.91 Å². The number of hydrogen-bond donors (Lipinski definition) is 1. The molecular weight excluding hydrogens is 563 g/mol. The van der Waals surface area contributed by atoms with E-state index in [1.165, 1.54) is 12.1 Å². The fraction of sp³-hybridized carbons (Fsp3) is 0.364. The van der Waals surface area contributed by atoms with E-state index in [-0.39, 0.29) is 18.7 Å². The lowest BCUT2D eigenvalue weighted by molar-refractivity contribution is -0.197. The number of carbonyl (C=O) groups is 2. The van der Waals surface area contributed by atoms with Gasteiger partial charge in [-0.3, -0.25) is 9.59 Å². The maximum absolute atomic E-state index is 14.3. The monoisotopic (exact) mass is 593 g/mol. The second-order valence-corrected chi connectivity index (χ2v) is 12.3. The van der Waals surface area contributed by atoms with Gasteiger partial charge in [-0.2, -0.15) is 18.3 Å². The molecule has 1 N–H and O–H groups in total. The summed E-state index contributed by atoms with van der Waals surface area (Å²) in [5.74, 6) is -4.81. The first kappa shape index (κ1) is 28.5. The van der Waals surface area contributed by atoms with Gasteiger partial charge >= 0.3 is 6.18 Å². The van der Waals surface area contributed by atoms with E-state index in [9.17, 15) is 22.8 Å². The first-order valence-electron chi connectivity index (χ1n) is 14.1. The SMILES string of the molecule is Cc1ccc(-n2ncc3c2C=C2CCC4C(=CC[C@@H](C(F)(F)F)C4C(=O)NCC(=O)c4ccc(Cl)cc4)[C@@]2(C)C3)cc1. The van der Waals surface area contributed by atoms with Crippen LogP contribution < -0.4 is 5.32 Å². The third-order valence-corrected chi connectivity index (χ3v) is 9.51. The van der Waals surface area contributed by atoms with E-state index in [0.29, 0.717) is 29.8 Å². The van der Waals surface area contributed by atoms with E-state index < -0.39 is 35.3 Å². The second kappa shape index (κ2) is 10.6. The largest absolute Gasteiger partial charge is 0.392 e. The molecule has 2 aromatic carbocycles. The number of alkyl halides is 3. The van der Waals surface area contributed by atoms with Crippen molar-refractivity contribution in [3.63, 3.8) is 0 Å². The molecule has 1 aromatic heterocycles. The Morgan fingerprint density at radius 1 is 1.12 bits per heavy atom. The highest BCUT2D eigenvalue weighted by Crippen LogP contribution is 2.58. The smallest absolute Gasteiger partial charge is 0.348 e. The number of Topliss-reactive ketones (excluding diaryl/α,β-unsaturated/α-hetero) is 1. The fourth-order valence-corrected chi connectivity index (χ4v) is 7.19. The number of aromatic nitrogens is 2. The lowest BCUT2D eigenvalue weighted by Crippen LogP contribution is -2.51. The summed E-state index contributed by atoms with van der Waals surface area (Å²) in [6.07, 6.45) is 2.50. The zero-order valence-corrected chi connectivity index (χ0v) is 24.1. The fourth-order valence-electron chi connectivity index (χ4n) is 7.06. The summed E-state index contributed by atoms with van der Waals surface area (Å²) in [6, 6.07) is 14.3. The van der Waals surface area contributed by atoms with Crippen LogP contribution in [0, 0.1) is 30.1 Å². The van der Waals surface area contributed by atoms with Crippen molar-refractivity contribution in [3.8, 4) is 5.69 Å². The maximum atomic E-state index is 14.3. The molecule has 0 aliphatic heterocycles. The Morgan fingerprint density at radius 3 is 2.52 bits per heavy atom. The summed E-state index contributed by atoms with van der Waals surface area (Å²) in [5, 5.41) is 7.66. The first-order valence-corrected chi connectivity index (χ1v) is 14.5. The van der Waals surface area contributed by atoms with Gasteiger partial charge in [0.05, 0.1) is 36.0 Å². The highest BCUT2D eigenvalue weighted by atomic mass is 35.5. The number of aryl methyl sites for hydroxylation is 1. The van der Waals surface area contributed by atoms with Gasteiger partial charge in [-0.25, -0.2) is 4.68 Å². The van der Waals surface area contributed by atoms with Gasteiger partial charge in [-0.1, -0.05) is 53.4 Å². The molecule has 3 aliphatic rings. The molecule has 2 unspecified atom stereocenters. The number of benzene rings is 2. The van der Waals surface area contributed by atoms with Crippen LogP contribution in [0.15, 0.2) is 72.0 Å². The molecular formula is C33H31ClF3N3O2. The van der Waals surface area contributed by atoms with Crippen LogP contribution in [0.25, 0.3) is 11.8 Å². The lowest BCUT2D eigenvalue weighted by Gasteiger charge is -2.50. The Kier molecular flexibility index (Phi) is 7.16. The Bertz CT molecular complexity index is 1600. The van der Waals surface area contributed by atoms with Crippen molar-refractivity contribution in [1.82, 2.24) is 15.1 Å². The van der Waals surface area contributed by atoms with Crippen LogP contribution in [0.4, 0.5) is 13.2 Å². The van der Waals surface area contributed by atoms with Crippen LogP contribution in [0.1, 0.15) is 53.4 Å². The number of amides is 1. The summed E-state index contributed by atoms with van der Waals surface area (Å²) in [6.45, 7) is 3.73. The number of allylic oxidation sites excluding steroid dienone is 3. The molecule has 5 nitrogen and oxygen atoms in total. The molecule has 1 heterocycles. The Labute approximate surface area is 247 Å². The van der Waals surface area contributed by atoms with Crippen molar-refractivity contribution >= 4 is 29.4 Å². The number of halogens is 4. The van der Waals surface area contributed by atoms with Crippen LogP contribution in [-0.4, -0.2) is 34.2 Å². The Balaban J connectivity index is 1.28. The van der Waals surface area contributed by atoms with Crippen LogP contribution in [0.3, 0.4) is 0 Å². The van der Waals surface area contributed by atoms with Crippen molar-refractivity contribution in [2.75, 3.05) is 6.54 Å². The molecule has 4 atom stereocenters. The average molecular weight is 594 g/mol. The lowest BCUT2D eigenvalue weighted by atomic mass is 9.54. The van der Waals surface area contributed by atoms with Crippen LogP contribution in [0.2, 0.25) is 5.02 Å². The third kappa shape index (κ3) is 5.00. The standard InChI is InChI=1S/C33H31ClF3N3O2/c1-19-3-10-24(11-4-19)40-28-15-22-7-12-25-26(32(22,2)16-21(28)17-39-40)13-14-27(33(35,36)37)30(25)31(42)38-18-29(41)20-5-8-23(34)9-6-20/h3-6,8-11,13,15,17,25,27,30H,7,12,14,16,18H2,1-2H3,(H,38,42)/t25?,27-,30?,32+/m1/s1. The minimum Gasteiger partial charge on any atom is -0.348 e. The normalized spacial score (nSPS) is 25.0. The minimum absolute atomic E-state index is 0.267. The maximum Gasteiger partial charge on any atom is 0.392 e. The molecule has 9 heteroatoms. The quantitative estimate of drug-likeness (QED) is 0.249. The molecule has 0 saturated heterocycles. The molecule has 3 aliphatic carbocycles. The number of fused-ring (bicyclic) bond motifs is 4. The van der Waals surface area contributed by atoms with E-state index in [4.69, 9.17) is 11.6 Å². The predicted molar refractivity (Wildman–Crippen MR) is 155 cm³/mol. The van der Waals surface area contributed by atoms with E-state index in [1.807, 2.05) is 42.1 Å². The van der Waals surface area contributed by atoms with Crippen molar-refractivity contribution in [3.05, 3.63) is 99.4 Å². The molecule has 6 rings (SSSR count). The highest BCUT2D eigenvalue weighted by molar-refractivity contribution is 6.30. The zero-order chi connectivity index (χ0) is 29.8. The van der Waals surface area contributed by atoms with E-state index >= 15 is 0 Å². The summed E-state index contributed by atoms with van der Waals surface area (Å²) >= 11 is 5.89. The van der Waals surface area contributed by atoms with Crippen molar-refractivity contribution < 1.29 is 22.8 Å². The molecule has 1 saturated carbocycles. The van der Waals surface area contributed by atoms with Crippen LogP contribution in [0.5, 0.6) is 0 Å². The van der Waals surface area contributed by atoms with E-state index in [1.54, 1.807) is 18.2 Å². The van der Waals surface area contributed by atoms with Gasteiger partial charge in [-0.05, 0) is 86.6 Å². The number of hydrogen-bond acceptors (Lipinski definition) is 3. The average Bonchev–Trinajstić information content (AvgIpc) is 3.36. The summed E-state index contributed by atoms with van der Waals surface area (Å²) < 4.78 is 44.9. The van der Waals surface area contributed by atoms with Gasteiger partial charge in [0.25, 0.3) is 0 Å². The highest BCUT2D eigenvalue weighted by Gasteiger charge is 2.56. The number of carbonyl (C=O) groups excluding carboxylic acids is 2. The number of nitrogens with zero attached hydrogens (tertiary/aromatic N) is 2. The molecule has 0 bridgehead atoms. The minimum atomic E-state index is -4.55. The number of ketones is 1. The topological polar surface area (TPSA) is 64.0 Å². The second-order valence-electron chi connectivity index (χ2n) is 11.8. The van der Waals surface area contributed by atoms with Crippen LogP contribution in [-0.2, 0) is 11.2 Å². The van der Waals surface area contributed by atoms with E-state index in [2.05, 4.69) is 23.4 Å². The summed E-state index contributed by atoms with van der Waals surface area (Å²) in [5.41, 5.74) is 5.97. The van der Waals surface area contributed by atoms with Crippen molar-refractivity contribution in [2.45, 2.75) is 45.7 Å². The summed E-state index contributed by atoms with van der Waals surface area (Å²) in [7, 11) is 0. The molecule has 0 spiro atoms. The van der Waals surface area contributed by atoms with Gasteiger partial charge in [0.1, 0.15) is 0 Å². The molecule has 42 heavy (non-hydrogen) atoms. The summed E-state index contributed by atoms with van der Waals surface area (Å²) in [4.78, 5) is 26.2. The third-order valence-electron chi connectivity index (χ3n) is 9.26. The predicted octanol–water partition coefficient (Wildman–Crippen LogP) is 7.31. The van der Waals surface area contributed by atoms with Gasteiger partial charge in [-0.15, -0.1) is 0 Å². The Hall–Kier alpha value is -3.65. The first-order chi connectivity index (χ1) is 20.0. The van der Waals surface area contributed by atoms with Crippen molar-refractivity contribution in [1.29, 1.82) is 0 Å². The molecule has 218 valence electrons. The van der Waals surface area contributed by atoms with E-state index in [0.717, 1.165) is 33.7 Å². The molecule has 3 aromatic rings. The number of nitrogens with one attached hydrogen (secondary N) is 1. The van der Waals surface area contributed by atoms with Gasteiger partial charge in [0.15, 0.2) is 5.78 Å². The van der Waals surface area contributed by atoms with Crippen molar-refractivity contribution in [2.24, 2.45) is 23.2 Å². The zero-order valence-electron chi connectivity index (χ0n) is 23.3. The molecule has 0 radical (unpaired) electrons. The number of rotatable bonds is 5.